The van der Waals surface area contributed by atoms with E-state index >= 15 is 0 Å². The van der Waals surface area contributed by atoms with Gasteiger partial charge in [0.1, 0.15) is 24.7 Å². The van der Waals surface area contributed by atoms with Crippen molar-refractivity contribution in [3.63, 3.8) is 0 Å². The molecule has 0 radical (unpaired) electrons. The van der Waals surface area contributed by atoms with Gasteiger partial charge in [-0.3, -0.25) is 0 Å². The van der Waals surface area contributed by atoms with Gasteiger partial charge in [0.25, 0.3) is 0 Å². The van der Waals surface area contributed by atoms with E-state index in [2.05, 4.69) is 0 Å². The van der Waals surface area contributed by atoms with Gasteiger partial charge in [-0.25, -0.2) is 0 Å². The van der Waals surface area contributed by atoms with E-state index in [1.54, 1.807) is 0 Å². The average molecular weight is 497 g/mol. The van der Waals surface area contributed by atoms with Crippen LogP contribution in [0.1, 0.15) is 87.2 Å². The van der Waals surface area contributed by atoms with Crippen LogP contribution in [0, 0.1) is 0 Å². The topological polar surface area (TPSA) is 111 Å². The van der Waals surface area contributed by atoms with Crippen molar-refractivity contribution >= 4 is 0 Å². The van der Waals surface area contributed by atoms with Crippen LogP contribution in [0.15, 0.2) is 48.5 Å². The molecular weight excluding hydrogens is 452 g/mol. The van der Waals surface area contributed by atoms with Gasteiger partial charge >= 0.3 is 0 Å². The number of nitrogens with two attached hydrogens (primary N) is 2. The van der Waals surface area contributed by atoms with Crippen LogP contribution in [0.2, 0.25) is 0 Å². The highest BCUT2D eigenvalue weighted by atomic mass is 16.5. The molecule has 0 aromatic heterocycles. The largest absolute Gasteiger partial charge is 0.490 e. The van der Waals surface area contributed by atoms with Gasteiger partial charge in [0, 0.05) is 24.9 Å². The average Bonchev–Trinajstić information content (AvgIpc) is 2.90. The number of ether oxygens (including phenoxy) is 2. The van der Waals surface area contributed by atoms with Crippen LogP contribution in [0.4, 0.5) is 0 Å². The number of hydrogen-bond acceptors (Lipinski definition) is 6. The van der Waals surface area contributed by atoms with Crippen molar-refractivity contribution in [2.75, 3.05) is 26.3 Å². The van der Waals surface area contributed by atoms with Crippen LogP contribution in [0.3, 0.4) is 0 Å². The molecule has 2 unspecified atom stereocenters. The van der Waals surface area contributed by atoms with Gasteiger partial charge in [-0.15, -0.1) is 0 Å². The molecule has 198 valence electrons. The predicted octanol–water partition coefficient (Wildman–Crippen LogP) is 4.62. The van der Waals surface area contributed by atoms with E-state index in [0.29, 0.717) is 26.3 Å². The molecule has 2 fully saturated rings. The third kappa shape index (κ3) is 6.41. The van der Waals surface area contributed by atoms with Crippen molar-refractivity contribution in [1.82, 2.24) is 0 Å². The highest BCUT2D eigenvalue weighted by Gasteiger charge is 2.38. The second-order valence-corrected chi connectivity index (χ2v) is 10.7. The molecule has 0 bridgehead atoms. The Morgan fingerprint density at radius 1 is 0.583 bits per heavy atom. The first-order valence-electron chi connectivity index (χ1n) is 13.8. The number of hydrogen-bond donors (Lipinski definition) is 4. The number of aliphatic hydroxyl groups is 2. The standard InChI is InChI=1S/C30H44N2O4/c31-21-27(29(33)15-3-1-4-16-29)23-7-11-25(12-8-23)35-19-20-36-26-13-9-24(10-14-26)28(22-32)30(34)17-5-2-6-18-30/h7-14,27-28,33-34H,1-6,15-22,31-32H2. The lowest BCUT2D eigenvalue weighted by molar-refractivity contribution is -0.0198. The Morgan fingerprint density at radius 2 is 0.917 bits per heavy atom. The van der Waals surface area contributed by atoms with Gasteiger partial charge in [-0.05, 0) is 61.1 Å². The maximum atomic E-state index is 11.1. The molecule has 0 amide bonds. The van der Waals surface area contributed by atoms with Crippen molar-refractivity contribution in [2.24, 2.45) is 11.5 Å². The second-order valence-electron chi connectivity index (χ2n) is 10.7. The quantitative estimate of drug-likeness (QED) is 0.338. The third-order valence-corrected chi connectivity index (χ3v) is 8.39. The molecule has 2 aliphatic rings. The zero-order chi connectivity index (χ0) is 25.4. The third-order valence-electron chi connectivity index (χ3n) is 8.39. The van der Waals surface area contributed by atoms with E-state index in [1.807, 2.05) is 48.5 Å². The fraction of sp³-hybridized carbons (Fsp3) is 0.600. The molecule has 2 aromatic rings. The summed E-state index contributed by atoms with van der Waals surface area (Å²) in [5, 5.41) is 22.3. The molecule has 0 heterocycles. The molecule has 2 saturated carbocycles. The van der Waals surface area contributed by atoms with Crippen molar-refractivity contribution < 1.29 is 19.7 Å². The Balaban J connectivity index is 1.25. The molecule has 36 heavy (non-hydrogen) atoms. The van der Waals surface area contributed by atoms with Crippen molar-refractivity contribution in [1.29, 1.82) is 0 Å². The Bertz CT molecular complexity index is 841. The van der Waals surface area contributed by atoms with E-state index in [-0.39, 0.29) is 11.8 Å². The normalized spacial score (nSPS) is 20.9. The van der Waals surface area contributed by atoms with Crippen LogP contribution in [-0.4, -0.2) is 47.7 Å². The highest BCUT2D eigenvalue weighted by molar-refractivity contribution is 5.33. The van der Waals surface area contributed by atoms with Gasteiger partial charge < -0.3 is 31.2 Å². The lowest BCUT2D eigenvalue weighted by Crippen LogP contribution is -2.41. The van der Waals surface area contributed by atoms with E-state index in [9.17, 15) is 10.2 Å². The Kier molecular flexibility index (Phi) is 9.29. The second kappa shape index (κ2) is 12.4. The Hall–Kier alpha value is -2.12. The lowest BCUT2D eigenvalue weighted by Gasteiger charge is -2.39. The summed E-state index contributed by atoms with van der Waals surface area (Å²) in [7, 11) is 0. The van der Waals surface area contributed by atoms with Gasteiger partial charge in [0.2, 0.25) is 0 Å². The van der Waals surface area contributed by atoms with E-state index in [0.717, 1.165) is 74.0 Å². The molecule has 2 atom stereocenters. The maximum absolute atomic E-state index is 11.1. The summed E-state index contributed by atoms with van der Waals surface area (Å²) in [5.74, 6) is 1.46. The summed E-state index contributed by atoms with van der Waals surface area (Å²) in [6.07, 6.45) is 9.90. The highest BCUT2D eigenvalue weighted by Crippen LogP contribution is 2.41. The predicted molar refractivity (Wildman–Crippen MR) is 144 cm³/mol. The molecule has 6 heteroatoms. The molecule has 0 spiro atoms. The summed E-state index contributed by atoms with van der Waals surface area (Å²) < 4.78 is 11.7. The Morgan fingerprint density at radius 3 is 1.22 bits per heavy atom. The van der Waals surface area contributed by atoms with Crippen molar-refractivity contribution in [3.05, 3.63) is 59.7 Å². The summed E-state index contributed by atoms with van der Waals surface area (Å²) in [6, 6.07) is 15.9. The summed E-state index contributed by atoms with van der Waals surface area (Å²) in [4.78, 5) is 0. The molecule has 6 nitrogen and oxygen atoms in total. The zero-order valence-electron chi connectivity index (χ0n) is 21.5. The first-order chi connectivity index (χ1) is 17.5. The van der Waals surface area contributed by atoms with Gasteiger partial charge in [0.15, 0.2) is 0 Å². The molecule has 4 rings (SSSR count). The van der Waals surface area contributed by atoms with Crippen molar-refractivity contribution in [2.45, 2.75) is 87.2 Å². The maximum Gasteiger partial charge on any atom is 0.122 e. The molecule has 0 saturated heterocycles. The van der Waals surface area contributed by atoms with Gasteiger partial charge in [0.05, 0.1) is 11.2 Å². The van der Waals surface area contributed by atoms with E-state index in [4.69, 9.17) is 20.9 Å². The van der Waals surface area contributed by atoms with Gasteiger partial charge in [-0.2, -0.15) is 0 Å². The molecular formula is C30H44N2O4. The molecule has 6 N–H and O–H groups in total. The Labute approximate surface area is 216 Å². The zero-order valence-corrected chi connectivity index (χ0v) is 21.5. The van der Waals surface area contributed by atoms with Gasteiger partial charge in [-0.1, -0.05) is 62.8 Å². The summed E-state index contributed by atoms with van der Waals surface area (Å²) >= 11 is 0. The SMILES string of the molecule is NCC(c1ccc(OCCOc2ccc(C(CN)C3(O)CCCCC3)cc2)cc1)C1(O)CCCCC1. The smallest absolute Gasteiger partial charge is 0.122 e. The van der Waals surface area contributed by atoms with Crippen molar-refractivity contribution in [3.8, 4) is 11.5 Å². The van der Waals surface area contributed by atoms with Crippen LogP contribution in [-0.2, 0) is 0 Å². The van der Waals surface area contributed by atoms with Crippen LogP contribution in [0.5, 0.6) is 11.5 Å². The summed E-state index contributed by atoms with van der Waals surface area (Å²) in [5.41, 5.74) is 12.9. The molecule has 2 aliphatic carbocycles. The minimum atomic E-state index is -0.697. The first kappa shape index (κ1) is 26.9. The first-order valence-corrected chi connectivity index (χ1v) is 13.8. The molecule has 0 aliphatic heterocycles. The van der Waals surface area contributed by atoms with E-state index < -0.39 is 11.2 Å². The fourth-order valence-electron chi connectivity index (χ4n) is 6.27. The minimum Gasteiger partial charge on any atom is -0.490 e. The molecule has 2 aromatic carbocycles. The number of rotatable bonds is 11. The minimum absolute atomic E-state index is 0.0455. The van der Waals surface area contributed by atoms with Crippen LogP contribution in [0.25, 0.3) is 0 Å². The monoisotopic (exact) mass is 496 g/mol. The fourth-order valence-corrected chi connectivity index (χ4v) is 6.27. The lowest BCUT2D eigenvalue weighted by atomic mass is 9.73. The van der Waals surface area contributed by atoms with E-state index in [1.165, 1.54) is 12.8 Å². The van der Waals surface area contributed by atoms with Crippen LogP contribution < -0.4 is 20.9 Å². The van der Waals surface area contributed by atoms with Crippen LogP contribution >= 0.6 is 0 Å². The number of benzene rings is 2. The summed E-state index contributed by atoms with van der Waals surface area (Å²) in [6.45, 7) is 1.73.